The molecule has 0 saturated carbocycles. The van der Waals surface area contributed by atoms with E-state index < -0.39 is 0 Å². The van der Waals surface area contributed by atoms with E-state index in [1.165, 1.54) is 12.8 Å². The molecule has 1 unspecified atom stereocenters. The summed E-state index contributed by atoms with van der Waals surface area (Å²) in [5, 5.41) is 6.34. The Hall–Kier alpha value is -0.570. The predicted octanol–water partition coefficient (Wildman–Crippen LogP) is 0.0186. The molecule has 2 fully saturated rings. The number of β-lactam (4-membered cyclic amide) rings is 1. The summed E-state index contributed by atoms with van der Waals surface area (Å²) >= 11 is 0. The Morgan fingerprint density at radius 1 is 1.36 bits per heavy atom. The van der Waals surface area contributed by atoms with Gasteiger partial charge in [0.2, 0.25) is 5.91 Å². The van der Waals surface area contributed by atoms with Gasteiger partial charge in [0.05, 0.1) is 12.0 Å². The molecule has 0 radical (unpaired) electrons. The maximum atomic E-state index is 10.7. The second-order valence-corrected chi connectivity index (χ2v) is 3.64. The van der Waals surface area contributed by atoms with Crippen LogP contribution < -0.4 is 10.6 Å². The molecule has 0 aromatic heterocycles. The molecule has 2 rings (SSSR count). The average Bonchev–Trinajstić information content (AvgIpc) is 2.12. The van der Waals surface area contributed by atoms with Crippen molar-refractivity contribution in [3.05, 3.63) is 0 Å². The van der Waals surface area contributed by atoms with Crippen molar-refractivity contribution in [3.8, 4) is 0 Å². The highest BCUT2D eigenvalue weighted by atomic mass is 16.2. The van der Waals surface area contributed by atoms with Crippen LogP contribution in [0.1, 0.15) is 25.7 Å². The van der Waals surface area contributed by atoms with Gasteiger partial charge >= 0.3 is 0 Å². The van der Waals surface area contributed by atoms with Crippen LogP contribution >= 0.6 is 0 Å². The maximum absolute atomic E-state index is 10.7. The molecule has 2 saturated heterocycles. The zero-order chi connectivity index (χ0) is 7.73. The first-order valence-corrected chi connectivity index (χ1v) is 4.33. The van der Waals surface area contributed by atoms with Gasteiger partial charge in [-0.15, -0.1) is 0 Å². The van der Waals surface area contributed by atoms with Gasteiger partial charge in [0.1, 0.15) is 0 Å². The zero-order valence-corrected chi connectivity index (χ0v) is 6.65. The lowest BCUT2D eigenvalue weighted by Crippen LogP contribution is -2.64. The molecular weight excluding hydrogens is 140 g/mol. The quantitative estimate of drug-likeness (QED) is 0.483. The van der Waals surface area contributed by atoms with Crippen molar-refractivity contribution in [2.45, 2.75) is 31.2 Å². The number of carbonyl (C=O) groups is 1. The second-order valence-electron chi connectivity index (χ2n) is 3.64. The molecule has 2 N–H and O–H groups in total. The van der Waals surface area contributed by atoms with E-state index in [9.17, 15) is 4.79 Å². The van der Waals surface area contributed by atoms with Crippen molar-refractivity contribution >= 4 is 5.91 Å². The van der Waals surface area contributed by atoms with E-state index >= 15 is 0 Å². The Kier molecular flexibility index (Phi) is 1.60. The lowest BCUT2D eigenvalue weighted by atomic mass is 9.83. The van der Waals surface area contributed by atoms with Crippen molar-refractivity contribution in [2.75, 3.05) is 13.1 Å². The van der Waals surface area contributed by atoms with Crippen LogP contribution in [0.2, 0.25) is 0 Å². The van der Waals surface area contributed by atoms with Crippen LogP contribution in [0, 0.1) is 0 Å². The SMILES string of the molecule is O=C1CC2(CCCCNC2)N1. The summed E-state index contributed by atoms with van der Waals surface area (Å²) in [6.45, 7) is 2.08. The molecule has 0 bridgehead atoms. The fraction of sp³-hybridized carbons (Fsp3) is 0.875. The van der Waals surface area contributed by atoms with Gasteiger partial charge in [-0.2, -0.15) is 0 Å². The summed E-state index contributed by atoms with van der Waals surface area (Å²) in [7, 11) is 0. The van der Waals surface area contributed by atoms with Gasteiger partial charge in [-0.1, -0.05) is 0 Å². The summed E-state index contributed by atoms with van der Waals surface area (Å²) in [6.07, 6.45) is 4.39. The number of nitrogens with one attached hydrogen (secondary N) is 2. The molecule has 0 aliphatic carbocycles. The molecule has 3 heteroatoms. The molecule has 11 heavy (non-hydrogen) atoms. The Balaban J connectivity index is 1.96. The predicted molar refractivity (Wildman–Crippen MR) is 42.2 cm³/mol. The molecule has 62 valence electrons. The first kappa shape index (κ1) is 7.10. The number of rotatable bonds is 0. The van der Waals surface area contributed by atoms with Gasteiger partial charge in [0, 0.05) is 6.54 Å². The third-order valence-corrected chi connectivity index (χ3v) is 2.63. The number of carbonyl (C=O) groups excluding carboxylic acids is 1. The van der Waals surface area contributed by atoms with Crippen molar-refractivity contribution in [1.82, 2.24) is 10.6 Å². The molecular formula is C8H14N2O. The molecule has 2 aliphatic heterocycles. The van der Waals surface area contributed by atoms with Crippen molar-refractivity contribution in [1.29, 1.82) is 0 Å². The van der Waals surface area contributed by atoms with Crippen LogP contribution in [-0.4, -0.2) is 24.5 Å². The fourth-order valence-corrected chi connectivity index (χ4v) is 1.97. The first-order valence-electron chi connectivity index (χ1n) is 4.33. The maximum Gasteiger partial charge on any atom is 0.222 e. The van der Waals surface area contributed by atoms with Crippen LogP contribution in [0.15, 0.2) is 0 Å². The molecule has 3 nitrogen and oxygen atoms in total. The van der Waals surface area contributed by atoms with E-state index in [2.05, 4.69) is 10.6 Å². The van der Waals surface area contributed by atoms with E-state index in [1.807, 2.05) is 0 Å². The summed E-state index contributed by atoms with van der Waals surface area (Å²) in [6, 6.07) is 0. The van der Waals surface area contributed by atoms with E-state index in [0.29, 0.717) is 0 Å². The largest absolute Gasteiger partial charge is 0.349 e. The highest BCUT2D eigenvalue weighted by molar-refractivity contribution is 5.84. The normalized spacial score (nSPS) is 37.6. The van der Waals surface area contributed by atoms with Gasteiger partial charge in [-0.05, 0) is 25.8 Å². The van der Waals surface area contributed by atoms with E-state index in [1.54, 1.807) is 0 Å². The number of amides is 1. The standard InChI is InChI=1S/C8H14N2O/c11-7-5-8(10-7)3-1-2-4-9-6-8/h9H,1-6H2,(H,10,11). The van der Waals surface area contributed by atoms with Crippen molar-refractivity contribution in [2.24, 2.45) is 0 Å². The molecule has 2 heterocycles. The monoisotopic (exact) mass is 154 g/mol. The van der Waals surface area contributed by atoms with Crippen LogP contribution in [0.4, 0.5) is 0 Å². The third kappa shape index (κ3) is 1.25. The molecule has 0 aromatic carbocycles. The van der Waals surface area contributed by atoms with Crippen LogP contribution in [-0.2, 0) is 4.79 Å². The van der Waals surface area contributed by atoms with Crippen molar-refractivity contribution < 1.29 is 4.79 Å². The molecule has 2 aliphatic rings. The van der Waals surface area contributed by atoms with E-state index in [0.717, 1.165) is 25.9 Å². The Labute approximate surface area is 66.5 Å². The van der Waals surface area contributed by atoms with Gasteiger partial charge < -0.3 is 10.6 Å². The third-order valence-electron chi connectivity index (χ3n) is 2.63. The smallest absolute Gasteiger partial charge is 0.222 e. The lowest BCUT2D eigenvalue weighted by molar-refractivity contribution is -0.132. The minimum Gasteiger partial charge on any atom is -0.349 e. The molecule has 1 amide bonds. The average molecular weight is 154 g/mol. The Morgan fingerprint density at radius 3 is 2.91 bits per heavy atom. The number of hydrogen-bond donors (Lipinski definition) is 2. The number of hydrogen-bond acceptors (Lipinski definition) is 2. The minimum atomic E-state index is 0.146. The van der Waals surface area contributed by atoms with Gasteiger partial charge in [-0.3, -0.25) is 4.79 Å². The van der Waals surface area contributed by atoms with Crippen LogP contribution in [0.3, 0.4) is 0 Å². The first-order chi connectivity index (χ1) is 5.31. The van der Waals surface area contributed by atoms with Crippen LogP contribution in [0.25, 0.3) is 0 Å². The van der Waals surface area contributed by atoms with Crippen LogP contribution in [0.5, 0.6) is 0 Å². The summed E-state index contributed by atoms with van der Waals surface area (Å²) < 4.78 is 0. The summed E-state index contributed by atoms with van der Waals surface area (Å²) in [4.78, 5) is 10.7. The Morgan fingerprint density at radius 2 is 2.18 bits per heavy atom. The fourth-order valence-electron chi connectivity index (χ4n) is 1.97. The van der Waals surface area contributed by atoms with Crippen molar-refractivity contribution in [3.63, 3.8) is 0 Å². The molecule has 1 atom stereocenters. The highest BCUT2D eigenvalue weighted by Crippen LogP contribution is 2.26. The summed E-state index contributed by atoms with van der Waals surface area (Å²) in [5.41, 5.74) is 0.146. The van der Waals surface area contributed by atoms with Gasteiger partial charge in [0.25, 0.3) is 0 Å². The highest BCUT2D eigenvalue weighted by Gasteiger charge is 2.42. The lowest BCUT2D eigenvalue weighted by Gasteiger charge is -2.41. The van der Waals surface area contributed by atoms with Gasteiger partial charge in [-0.25, -0.2) is 0 Å². The second kappa shape index (κ2) is 2.48. The molecule has 1 spiro atoms. The van der Waals surface area contributed by atoms with E-state index in [-0.39, 0.29) is 11.4 Å². The summed E-state index contributed by atoms with van der Waals surface area (Å²) in [5.74, 6) is 0.216. The topological polar surface area (TPSA) is 41.1 Å². The zero-order valence-electron chi connectivity index (χ0n) is 6.65. The minimum absolute atomic E-state index is 0.146. The Bertz CT molecular complexity index is 161. The van der Waals surface area contributed by atoms with E-state index in [4.69, 9.17) is 0 Å². The van der Waals surface area contributed by atoms with Gasteiger partial charge in [0.15, 0.2) is 0 Å². The molecule has 0 aromatic rings.